The third-order valence-corrected chi connectivity index (χ3v) is 5.42. The number of carbonyl (C=O) groups is 1. The quantitative estimate of drug-likeness (QED) is 0.564. The molecular formula is C20H30Cl2N2O. The maximum absolute atomic E-state index is 12.9. The van der Waals surface area contributed by atoms with E-state index in [-0.39, 0.29) is 17.3 Å². The smallest absolute Gasteiger partial charge is 0.228 e. The van der Waals surface area contributed by atoms with Gasteiger partial charge in [0.25, 0.3) is 0 Å². The molecule has 1 fully saturated rings. The molecular weight excluding hydrogens is 355 g/mol. The molecule has 140 valence electrons. The number of hydrogen-bond acceptors (Lipinski definition) is 2. The molecule has 1 saturated carbocycles. The molecule has 0 spiro atoms. The Morgan fingerprint density at radius 1 is 1.08 bits per heavy atom. The highest BCUT2D eigenvalue weighted by molar-refractivity contribution is 6.21. The molecule has 5 heteroatoms. The number of amides is 1. The molecule has 1 aromatic rings. The highest BCUT2D eigenvalue weighted by Gasteiger charge is 2.42. The number of benzene rings is 1. The second-order valence-electron chi connectivity index (χ2n) is 6.78. The Morgan fingerprint density at radius 2 is 1.68 bits per heavy atom. The van der Waals surface area contributed by atoms with E-state index < -0.39 is 0 Å². The zero-order valence-corrected chi connectivity index (χ0v) is 16.8. The van der Waals surface area contributed by atoms with Gasteiger partial charge in [-0.3, -0.25) is 9.69 Å². The van der Waals surface area contributed by atoms with Gasteiger partial charge in [0.1, 0.15) is 0 Å². The van der Waals surface area contributed by atoms with Gasteiger partial charge in [-0.25, -0.2) is 0 Å². The zero-order valence-electron chi connectivity index (χ0n) is 15.3. The van der Waals surface area contributed by atoms with Crippen LogP contribution in [0.5, 0.6) is 0 Å². The number of rotatable bonds is 9. The molecule has 0 N–H and O–H groups in total. The van der Waals surface area contributed by atoms with Crippen LogP contribution in [0.25, 0.3) is 0 Å². The Hall–Kier alpha value is -0.770. The van der Waals surface area contributed by atoms with Gasteiger partial charge in [-0.05, 0) is 50.9 Å². The van der Waals surface area contributed by atoms with E-state index in [0.717, 1.165) is 44.5 Å². The maximum atomic E-state index is 12.9. The van der Waals surface area contributed by atoms with Gasteiger partial charge < -0.3 is 4.90 Å². The average molecular weight is 385 g/mol. The van der Waals surface area contributed by atoms with Crippen molar-refractivity contribution in [2.24, 2.45) is 0 Å². The van der Waals surface area contributed by atoms with Gasteiger partial charge in [-0.2, -0.15) is 0 Å². The molecule has 0 radical (unpaired) electrons. The van der Waals surface area contributed by atoms with Crippen LogP contribution >= 0.6 is 23.2 Å². The number of carbonyl (C=O) groups excluding carboxylic acids is 1. The van der Waals surface area contributed by atoms with Gasteiger partial charge in [-0.15, -0.1) is 23.2 Å². The van der Waals surface area contributed by atoms with Crippen molar-refractivity contribution < 1.29 is 4.79 Å². The van der Waals surface area contributed by atoms with Crippen LogP contribution in [0.15, 0.2) is 30.3 Å². The first-order chi connectivity index (χ1) is 12.1. The molecule has 3 nitrogen and oxygen atoms in total. The number of hydrogen-bond donors (Lipinski definition) is 0. The third-order valence-electron chi connectivity index (χ3n) is 4.87. The zero-order chi connectivity index (χ0) is 18.2. The third kappa shape index (κ3) is 5.35. The molecule has 0 saturated heterocycles. The molecule has 2 rings (SSSR count). The van der Waals surface area contributed by atoms with Crippen molar-refractivity contribution in [2.45, 2.75) is 63.4 Å². The second-order valence-corrected chi connectivity index (χ2v) is 7.77. The SMILES string of the molecule is CCCN(CCC)C1CC(Cl)CC1N(C(=O)CCCl)c1ccccc1. The predicted molar refractivity (Wildman–Crippen MR) is 108 cm³/mol. The molecule has 25 heavy (non-hydrogen) atoms. The van der Waals surface area contributed by atoms with E-state index in [2.05, 4.69) is 18.7 Å². The van der Waals surface area contributed by atoms with Gasteiger partial charge in [0.15, 0.2) is 0 Å². The molecule has 0 heterocycles. The minimum Gasteiger partial charge on any atom is -0.308 e. The Morgan fingerprint density at radius 3 is 2.24 bits per heavy atom. The molecule has 1 aliphatic carbocycles. The fraction of sp³-hybridized carbons (Fsp3) is 0.650. The lowest BCUT2D eigenvalue weighted by Crippen LogP contribution is -2.51. The molecule has 3 unspecified atom stereocenters. The fourth-order valence-electron chi connectivity index (χ4n) is 3.93. The maximum Gasteiger partial charge on any atom is 0.228 e. The number of halogens is 2. The summed E-state index contributed by atoms with van der Waals surface area (Å²) in [6, 6.07) is 10.4. The standard InChI is InChI=1S/C20H30Cl2N2O/c1-3-12-23(13-4-2)18-14-16(22)15-19(18)24(20(25)10-11-21)17-8-6-5-7-9-17/h5-9,16,18-19H,3-4,10-15H2,1-2H3. The van der Waals surface area contributed by atoms with Crippen molar-refractivity contribution in [1.82, 2.24) is 4.90 Å². The summed E-state index contributed by atoms with van der Waals surface area (Å²) in [5.41, 5.74) is 0.950. The summed E-state index contributed by atoms with van der Waals surface area (Å²) >= 11 is 12.4. The van der Waals surface area contributed by atoms with Crippen LogP contribution in [-0.4, -0.2) is 47.2 Å². The van der Waals surface area contributed by atoms with Crippen LogP contribution in [0.3, 0.4) is 0 Å². The van der Waals surface area contributed by atoms with Gasteiger partial charge in [0.05, 0.1) is 6.04 Å². The summed E-state index contributed by atoms with van der Waals surface area (Å²) < 4.78 is 0. The van der Waals surface area contributed by atoms with Crippen LogP contribution < -0.4 is 4.90 Å². The monoisotopic (exact) mass is 384 g/mol. The van der Waals surface area contributed by atoms with Crippen molar-refractivity contribution in [3.63, 3.8) is 0 Å². The highest BCUT2D eigenvalue weighted by atomic mass is 35.5. The summed E-state index contributed by atoms with van der Waals surface area (Å²) in [6.07, 6.45) is 4.34. The predicted octanol–water partition coefficient (Wildman–Crippen LogP) is 4.91. The van der Waals surface area contributed by atoms with Crippen LogP contribution in [0.4, 0.5) is 5.69 Å². The van der Waals surface area contributed by atoms with Crippen molar-refractivity contribution >= 4 is 34.8 Å². The lowest BCUT2D eigenvalue weighted by Gasteiger charge is -2.39. The fourth-order valence-corrected chi connectivity index (χ4v) is 4.46. The molecule has 0 aromatic heterocycles. The van der Waals surface area contributed by atoms with Gasteiger partial charge in [-0.1, -0.05) is 32.0 Å². The largest absolute Gasteiger partial charge is 0.308 e. The molecule has 0 aliphatic heterocycles. The first-order valence-corrected chi connectivity index (χ1v) is 10.4. The number of para-hydroxylation sites is 1. The molecule has 1 aromatic carbocycles. The normalized spacial score (nSPS) is 23.2. The van der Waals surface area contributed by atoms with E-state index >= 15 is 0 Å². The van der Waals surface area contributed by atoms with Gasteiger partial charge in [0, 0.05) is 29.4 Å². The van der Waals surface area contributed by atoms with Crippen LogP contribution in [0.2, 0.25) is 0 Å². The van der Waals surface area contributed by atoms with Gasteiger partial charge in [0.2, 0.25) is 5.91 Å². The van der Waals surface area contributed by atoms with E-state index in [0.29, 0.717) is 18.3 Å². The van der Waals surface area contributed by atoms with Crippen LogP contribution in [-0.2, 0) is 4.79 Å². The molecule has 0 bridgehead atoms. The lowest BCUT2D eigenvalue weighted by molar-refractivity contribution is -0.119. The highest BCUT2D eigenvalue weighted by Crippen LogP contribution is 2.35. The van der Waals surface area contributed by atoms with Gasteiger partial charge >= 0.3 is 0 Å². The lowest BCUT2D eigenvalue weighted by atomic mass is 10.1. The molecule has 3 atom stereocenters. The van der Waals surface area contributed by atoms with E-state index in [4.69, 9.17) is 23.2 Å². The summed E-state index contributed by atoms with van der Waals surface area (Å²) in [6.45, 7) is 6.51. The Bertz CT molecular complexity index is 520. The summed E-state index contributed by atoms with van der Waals surface area (Å²) in [5.74, 6) is 0.437. The minimum atomic E-state index is 0.0925. The topological polar surface area (TPSA) is 23.6 Å². The van der Waals surface area contributed by atoms with Crippen molar-refractivity contribution in [3.8, 4) is 0 Å². The average Bonchev–Trinajstić information content (AvgIpc) is 2.97. The Kier molecular flexibility index (Phi) is 8.54. The Balaban J connectivity index is 2.33. The first-order valence-electron chi connectivity index (χ1n) is 9.43. The van der Waals surface area contributed by atoms with E-state index in [9.17, 15) is 4.79 Å². The molecule has 1 amide bonds. The minimum absolute atomic E-state index is 0.0925. The van der Waals surface area contributed by atoms with Crippen molar-refractivity contribution in [1.29, 1.82) is 0 Å². The van der Waals surface area contributed by atoms with Crippen LogP contribution in [0.1, 0.15) is 46.0 Å². The van der Waals surface area contributed by atoms with Crippen LogP contribution in [0, 0.1) is 0 Å². The summed E-state index contributed by atoms with van der Waals surface area (Å²) in [7, 11) is 0. The first kappa shape index (κ1) is 20.5. The van der Waals surface area contributed by atoms with Crippen molar-refractivity contribution in [2.75, 3.05) is 23.9 Å². The summed E-state index contributed by atoms with van der Waals surface area (Å²) in [4.78, 5) is 17.4. The van der Waals surface area contributed by atoms with E-state index in [1.165, 1.54) is 0 Å². The second kappa shape index (κ2) is 10.4. The Labute approximate surface area is 162 Å². The number of anilines is 1. The summed E-state index contributed by atoms with van der Waals surface area (Å²) in [5, 5.41) is 0.112. The van der Waals surface area contributed by atoms with E-state index in [1.54, 1.807) is 0 Å². The molecule has 1 aliphatic rings. The number of alkyl halides is 2. The van der Waals surface area contributed by atoms with E-state index in [1.807, 2.05) is 35.2 Å². The number of nitrogens with zero attached hydrogens (tertiary/aromatic N) is 2. The van der Waals surface area contributed by atoms with Crippen molar-refractivity contribution in [3.05, 3.63) is 30.3 Å².